The van der Waals surface area contributed by atoms with Gasteiger partial charge in [-0.05, 0) is 23.7 Å². The molecule has 5 heteroatoms. The van der Waals surface area contributed by atoms with Gasteiger partial charge in [0.25, 0.3) is 0 Å². The first-order valence-corrected chi connectivity index (χ1v) is 22.2. The molecule has 300 valence electrons. The van der Waals surface area contributed by atoms with E-state index in [2.05, 4.69) is 55.4 Å². The first-order chi connectivity index (χ1) is 24.0. The summed E-state index contributed by atoms with van der Waals surface area (Å²) in [6.45, 7) is 17.3. The molecular weight excluding hydrogens is 620 g/mol. The van der Waals surface area contributed by atoms with E-state index in [4.69, 9.17) is 19.6 Å². The van der Waals surface area contributed by atoms with Crippen LogP contribution in [0.3, 0.4) is 0 Å². The van der Waals surface area contributed by atoms with Crippen LogP contribution < -0.4 is 0 Å². The minimum Gasteiger partial charge on any atom is -0.257 e. The number of unbranched alkanes of at least 4 members (excludes halogenated alkanes) is 28. The van der Waals surface area contributed by atoms with E-state index in [1.54, 1.807) is 0 Å². The van der Waals surface area contributed by atoms with Crippen molar-refractivity contribution in [2.75, 3.05) is 0 Å². The molecule has 50 heavy (non-hydrogen) atoms. The van der Waals surface area contributed by atoms with Crippen molar-refractivity contribution < 1.29 is 24.3 Å². The summed E-state index contributed by atoms with van der Waals surface area (Å²) in [5, 5.41) is 0. The molecular formula is C45H90O5. The Kier molecular flexibility index (Phi) is 33.4. The molecule has 5 nitrogen and oxygen atoms in total. The summed E-state index contributed by atoms with van der Waals surface area (Å²) in [5.41, 5.74) is -0.280. The Bertz CT molecular complexity index is 651. The summed E-state index contributed by atoms with van der Waals surface area (Å²) >= 11 is 0. The lowest BCUT2D eigenvalue weighted by Gasteiger charge is -2.29. The van der Waals surface area contributed by atoms with Gasteiger partial charge in [0.05, 0.1) is 0 Å². The molecule has 2 atom stereocenters. The van der Waals surface area contributed by atoms with Crippen LogP contribution in [-0.2, 0) is 19.6 Å². The van der Waals surface area contributed by atoms with Crippen molar-refractivity contribution in [1.82, 2.24) is 0 Å². The van der Waals surface area contributed by atoms with E-state index in [1.807, 2.05) is 0 Å². The Morgan fingerprint density at radius 3 is 0.760 bits per heavy atom. The Morgan fingerprint density at radius 1 is 0.360 bits per heavy atom. The fraction of sp³-hybridized carbons (Fsp3) is 0.978. The van der Waals surface area contributed by atoms with Crippen LogP contribution in [0.25, 0.3) is 0 Å². The lowest BCUT2D eigenvalue weighted by molar-refractivity contribution is -0.363. The molecule has 0 aliphatic heterocycles. The maximum absolute atomic E-state index is 12.4. The minimum absolute atomic E-state index is 0.140. The molecule has 0 aromatic heterocycles. The normalized spacial score (nSPS) is 13.4. The van der Waals surface area contributed by atoms with Gasteiger partial charge in [0.15, 0.2) is 0 Å². The first kappa shape index (κ1) is 49.2. The van der Waals surface area contributed by atoms with Crippen LogP contribution in [-0.4, -0.2) is 18.4 Å². The zero-order valence-corrected chi connectivity index (χ0v) is 35.3. The second-order valence-electron chi connectivity index (χ2n) is 17.8. The van der Waals surface area contributed by atoms with Gasteiger partial charge in [-0.15, -0.1) is 0 Å². The van der Waals surface area contributed by atoms with E-state index in [0.29, 0.717) is 0 Å². The van der Waals surface area contributed by atoms with Crippen LogP contribution in [0.5, 0.6) is 0 Å². The van der Waals surface area contributed by atoms with E-state index in [9.17, 15) is 4.79 Å². The monoisotopic (exact) mass is 711 g/mol. The fourth-order valence-electron chi connectivity index (χ4n) is 6.86. The summed E-state index contributed by atoms with van der Waals surface area (Å²) in [6, 6.07) is 0. The summed E-state index contributed by atoms with van der Waals surface area (Å²) < 4.78 is 0. The first-order valence-electron chi connectivity index (χ1n) is 22.2. The Morgan fingerprint density at radius 2 is 0.560 bits per heavy atom. The number of carbonyl (C=O) groups excluding carboxylic acids is 1. The third kappa shape index (κ3) is 33.1. The predicted molar refractivity (Wildman–Crippen MR) is 215 cm³/mol. The Labute approximate surface area is 313 Å². The van der Waals surface area contributed by atoms with Crippen molar-refractivity contribution in [3.63, 3.8) is 0 Å². The van der Waals surface area contributed by atoms with Crippen LogP contribution in [0, 0.1) is 10.8 Å². The molecule has 0 rings (SSSR count). The number of hydrogen-bond acceptors (Lipinski definition) is 5. The van der Waals surface area contributed by atoms with E-state index < -0.39 is 6.16 Å². The van der Waals surface area contributed by atoms with E-state index in [1.165, 1.54) is 180 Å². The Balaban J connectivity index is 4.01. The van der Waals surface area contributed by atoms with E-state index >= 15 is 0 Å². The zero-order chi connectivity index (χ0) is 37.2. The molecule has 0 aromatic carbocycles. The molecule has 0 N–H and O–H groups in total. The van der Waals surface area contributed by atoms with Gasteiger partial charge in [0, 0.05) is 0 Å². The van der Waals surface area contributed by atoms with Crippen molar-refractivity contribution in [2.45, 2.75) is 273 Å². The van der Waals surface area contributed by atoms with Crippen LogP contribution in [0.4, 0.5) is 4.79 Å². The quantitative estimate of drug-likeness (QED) is 0.0368. The number of rotatable bonds is 36. The molecule has 0 saturated heterocycles. The topological polar surface area (TPSA) is 54.0 Å². The highest BCUT2D eigenvalue weighted by molar-refractivity contribution is 5.58. The van der Waals surface area contributed by atoms with Gasteiger partial charge in [-0.3, -0.25) is 9.78 Å². The molecule has 0 saturated carbocycles. The smallest absolute Gasteiger partial charge is 0.257 e. The van der Waals surface area contributed by atoms with Crippen molar-refractivity contribution in [3.05, 3.63) is 0 Å². The molecule has 0 aliphatic carbocycles. The lowest BCUT2D eigenvalue weighted by atomic mass is 9.86. The molecule has 0 radical (unpaired) electrons. The summed E-state index contributed by atoms with van der Waals surface area (Å²) in [4.78, 5) is 33.9. The molecule has 0 aliphatic rings. The van der Waals surface area contributed by atoms with Crippen LogP contribution >= 0.6 is 0 Å². The van der Waals surface area contributed by atoms with Gasteiger partial charge in [0.1, 0.15) is 12.2 Å². The molecule has 0 bridgehead atoms. The van der Waals surface area contributed by atoms with E-state index in [0.717, 1.165) is 25.7 Å². The molecule has 0 aromatic rings. The highest BCUT2D eigenvalue weighted by atomic mass is 17.3. The molecule has 0 heterocycles. The Hall–Kier alpha value is -0.810. The summed E-state index contributed by atoms with van der Waals surface area (Å²) in [6.07, 6.45) is 40.8. The van der Waals surface area contributed by atoms with Crippen LogP contribution in [0.15, 0.2) is 0 Å². The highest BCUT2D eigenvalue weighted by Crippen LogP contribution is 2.29. The second-order valence-corrected chi connectivity index (χ2v) is 17.8. The van der Waals surface area contributed by atoms with Gasteiger partial charge in [-0.25, -0.2) is 0 Å². The summed E-state index contributed by atoms with van der Waals surface area (Å²) in [7, 11) is 0. The molecule has 2 unspecified atom stereocenters. The second kappa shape index (κ2) is 34.0. The standard InChI is InChI=1S/C45H90O5/c1-9-11-13-15-17-19-21-23-25-27-29-31-33-35-37-39-41(44(3,4)5)47-49-43(46)50-48-42(45(6,7)8)40-38-36-34-32-30-28-26-24-22-20-18-16-14-12-10-2/h41-42H,9-40H2,1-8H3. The van der Waals surface area contributed by atoms with Crippen LogP contribution in [0.1, 0.15) is 261 Å². The van der Waals surface area contributed by atoms with Crippen molar-refractivity contribution >= 4 is 6.16 Å². The maximum atomic E-state index is 12.4. The SMILES string of the molecule is CCCCCCCCCCCCCCCCCC(OOC(=O)OOC(CCCCCCCCCCCCCCCCC)C(C)(C)C)C(C)(C)C. The maximum Gasteiger partial charge on any atom is 0.573 e. The average molecular weight is 711 g/mol. The van der Waals surface area contributed by atoms with Gasteiger partial charge in [-0.1, -0.05) is 248 Å². The highest BCUT2D eigenvalue weighted by Gasteiger charge is 2.30. The summed E-state index contributed by atoms with van der Waals surface area (Å²) in [5.74, 6) is 0. The third-order valence-corrected chi connectivity index (χ3v) is 10.5. The zero-order valence-electron chi connectivity index (χ0n) is 35.3. The van der Waals surface area contributed by atoms with Gasteiger partial charge in [0.2, 0.25) is 0 Å². The van der Waals surface area contributed by atoms with Gasteiger partial charge < -0.3 is 0 Å². The predicted octanol–water partition coefficient (Wildman–Crippen LogP) is 16.4. The molecule has 0 spiro atoms. The number of carbonyl (C=O) groups is 1. The number of hydrogen-bond donors (Lipinski definition) is 0. The van der Waals surface area contributed by atoms with Crippen molar-refractivity contribution in [2.24, 2.45) is 10.8 Å². The van der Waals surface area contributed by atoms with Gasteiger partial charge >= 0.3 is 6.16 Å². The molecule has 0 fully saturated rings. The third-order valence-electron chi connectivity index (χ3n) is 10.5. The van der Waals surface area contributed by atoms with Crippen molar-refractivity contribution in [3.8, 4) is 0 Å². The largest absolute Gasteiger partial charge is 0.573 e. The fourth-order valence-corrected chi connectivity index (χ4v) is 6.86. The minimum atomic E-state index is -0.915. The lowest BCUT2D eigenvalue weighted by Crippen LogP contribution is -2.32. The van der Waals surface area contributed by atoms with Crippen molar-refractivity contribution in [1.29, 1.82) is 0 Å². The van der Waals surface area contributed by atoms with E-state index in [-0.39, 0.29) is 23.0 Å². The average Bonchev–Trinajstić information content (AvgIpc) is 3.06. The molecule has 0 amide bonds. The van der Waals surface area contributed by atoms with Crippen LogP contribution in [0.2, 0.25) is 0 Å². The van der Waals surface area contributed by atoms with Gasteiger partial charge in [-0.2, -0.15) is 14.6 Å².